The normalized spacial score (nSPS) is 21.6. The molecule has 6 nitrogen and oxygen atoms in total. The van der Waals surface area contributed by atoms with Gasteiger partial charge in [0.05, 0.1) is 0 Å². The number of amides is 3. The number of carbonyl (C=O) groups is 3. The summed E-state index contributed by atoms with van der Waals surface area (Å²) >= 11 is 0. The zero-order chi connectivity index (χ0) is 15.7. The first-order valence-electron chi connectivity index (χ1n) is 7.85. The van der Waals surface area contributed by atoms with E-state index in [4.69, 9.17) is 5.11 Å². The molecule has 1 aliphatic rings. The van der Waals surface area contributed by atoms with Gasteiger partial charge in [-0.1, -0.05) is 26.2 Å². The lowest BCUT2D eigenvalue weighted by Crippen LogP contribution is -2.48. The molecule has 2 atom stereocenters. The summed E-state index contributed by atoms with van der Waals surface area (Å²) in [6.45, 7) is 2.12. The molecule has 0 heterocycles. The maximum atomic E-state index is 11.8. The van der Waals surface area contributed by atoms with E-state index in [1.807, 2.05) is 0 Å². The van der Waals surface area contributed by atoms with Gasteiger partial charge in [-0.05, 0) is 31.6 Å². The molecular formula is C15H26N2O4. The van der Waals surface area contributed by atoms with Gasteiger partial charge in [0.1, 0.15) is 0 Å². The Labute approximate surface area is 125 Å². The van der Waals surface area contributed by atoms with Crippen LogP contribution in [0.4, 0.5) is 4.79 Å². The van der Waals surface area contributed by atoms with Gasteiger partial charge in [0.2, 0.25) is 5.91 Å². The molecule has 0 spiro atoms. The number of aliphatic carboxylic acids is 1. The lowest BCUT2D eigenvalue weighted by molar-refractivity contribution is -0.137. The Morgan fingerprint density at radius 2 is 1.76 bits per heavy atom. The SMILES string of the molecule is CCC1CCCCC1NC(=O)NC(=O)CCCCC(=O)O. The highest BCUT2D eigenvalue weighted by molar-refractivity contribution is 5.94. The number of hydrogen-bond donors (Lipinski definition) is 3. The van der Waals surface area contributed by atoms with E-state index in [0.717, 1.165) is 25.7 Å². The molecule has 6 heteroatoms. The highest BCUT2D eigenvalue weighted by atomic mass is 16.4. The van der Waals surface area contributed by atoms with Crippen molar-refractivity contribution in [2.45, 2.75) is 70.8 Å². The minimum atomic E-state index is -0.865. The second kappa shape index (κ2) is 9.37. The third-order valence-electron chi connectivity index (χ3n) is 4.05. The monoisotopic (exact) mass is 298 g/mol. The standard InChI is InChI=1S/C15H26N2O4/c1-2-11-7-3-4-8-12(11)16-15(21)17-13(18)9-5-6-10-14(19)20/h11-12H,2-10H2,1H3,(H,19,20)(H2,16,17,18,21). The molecule has 0 radical (unpaired) electrons. The largest absolute Gasteiger partial charge is 0.481 e. The van der Waals surface area contributed by atoms with Crippen LogP contribution in [0.5, 0.6) is 0 Å². The fourth-order valence-corrected chi connectivity index (χ4v) is 2.84. The van der Waals surface area contributed by atoms with Crippen LogP contribution in [0.3, 0.4) is 0 Å². The van der Waals surface area contributed by atoms with Crippen LogP contribution in [-0.2, 0) is 9.59 Å². The molecule has 3 amide bonds. The fourth-order valence-electron chi connectivity index (χ4n) is 2.84. The number of urea groups is 1. The average molecular weight is 298 g/mol. The summed E-state index contributed by atoms with van der Waals surface area (Å²) in [6.07, 6.45) is 6.63. The molecule has 3 N–H and O–H groups in total. The molecule has 120 valence electrons. The summed E-state index contributed by atoms with van der Waals surface area (Å²) in [4.78, 5) is 33.7. The first-order chi connectivity index (χ1) is 10.0. The van der Waals surface area contributed by atoms with Gasteiger partial charge in [-0.2, -0.15) is 0 Å². The summed E-state index contributed by atoms with van der Waals surface area (Å²) in [5.74, 6) is -0.715. The molecule has 0 bridgehead atoms. The second-order valence-electron chi connectivity index (χ2n) is 5.68. The summed E-state index contributed by atoms with van der Waals surface area (Å²) in [5, 5.41) is 13.7. The smallest absolute Gasteiger partial charge is 0.321 e. The van der Waals surface area contributed by atoms with Gasteiger partial charge in [-0.3, -0.25) is 14.9 Å². The van der Waals surface area contributed by atoms with E-state index in [9.17, 15) is 14.4 Å². The van der Waals surface area contributed by atoms with E-state index in [0.29, 0.717) is 18.8 Å². The quantitative estimate of drug-likeness (QED) is 0.629. The van der Waals surface area contributed by atoms with E-state index in [1.54, 1.807) is 0 Å². The van der Waals surface area contributed by atoms with Crippen molar-refractivity contribution in [3.05, 3.63) is 0 Å². The molecule has 1 fully saturated rings. The van der Waals surface area contributed by atoms with Crippen molar-refractivity contribution < 1.29 is 19.5 Å². The number of imide groups is 1. The van der Waals surface area contributed by atoms with Crippen LogP contribution in [0.2, 0.25) is 0 Å². The Bertz CT molecular complexity index is 371. The molecule has 1 saturated carbocycles. The Morgan fingerprint density at radius 3 is 2.43 bits per heavy atom. The predicted molar refractivity (Wildman–Crippen MR) is 78.8 cm³/mol. The Hall–Kier alpha value is -1.59. The van der Waals surface area contributed by atoms with Gasteiger partial charge in [-0.25, -0.2) is 4.79 Å². The number of carbonyl (C=O) groups excluding carboxylic acids is 2. The number of carboxylic acids is 1. The number of rotatable bonds is 7. The van der Waals surface area contributed by atoms with E-state index in [1.165, 1.54) is 6.42 Å². The first-order valence-corrected chi connectivity index (χ1v) is 7.85. The van der Waals surface area contributed by atoms with E-state index < -0.39 is 12.0 Å². The molecule has 1 aliphatic carbocycles. The van der Waals surface area contributed by atoms with Gasteiger partial charge in [0.15, 0.2) is 0 Å². The van der Waals surface area contributed by atoms with E-state index >= 15 is 0 Å². The van der Waals surface area contributed by atoms with Crippen LogP contribution in [0, 0.1) is 5.92 Å². The van der Waals surface area contributed by atoms with Crippen LogP contribution >= 0.6 is 0 Å². The Balaban J connectivity index is 2.22. The number of carboxylic acid groups (broad SMARTS) is 1. The minimum Gasteiger partial charge on any atom is -0.481 e. The third kappa shape index (κ3) is 7.11. The molecule has 1 rings (SSSR count). The molecule has 21 heavy (non-hydrogen) atoms. The van der Waals surface area contributed by atoms with Crippen molar-refractivity contribution in [1.29, 1.82) is 0 Å². The Morgan fingerprint density at radius 1 is 1.10 bits per heavy atom. The molecule has 2 unspecified atom stereocenters. The summed E-state index contributed by atoms with van der Waals surface area (Å²) in [7, 11) is 0. The fraction of sp³-hybridized carbons (Fsp3) is 0.800. The lowest BCUT2D eigenvalue weighted by atomic mass is 9.83. The van der Waals surface area contributed by atoms with Gasteiger partial charge in [0, 0.05) is 18.9 Å². The van der Waals surface area contributed by atoms with E-state index in [2.05, 4.69) is 17.6 Å². The maximum absolute atomic E-state index is 11.8. The number of nitrogens with one attached hydrogen (secondary N) is 2. The zero-order valence-corrected chi connectivity index (χ0v) is 12.7. The Kier molecular flexibility index (Phi) is 7.79. The molecule has 0 aromatic carbocycles. The highest BCUT2D eigenvalue weighted by Gasteiger charge is 2.25. The van der Waals surface area contributed by atoms with Crippen LogP contribution in [-0.4, -0.2) is 29.1 Å². The van der Waals surface area contributed by atoms with Gasteiger partial charge < -0.3 is 10.4 Å². The van der Waals surface area contributed by atoms with E-state index in [-0.39, 0.29) is 24.8 Å². The average Bonchev–Trinajstić information content (AvgIpc) is 2.44. The number of unbranched alkanes of at least 4 members (excludes halogenated alkanes) is 1. The van der Waals surface area contributed by atoms with Crippen molar-refractivity contribution in [1.82, 2.24) is 10.6 Å². The van der Waals surface area contributed by atoms with Crippen molar-refractivity contribution in [3.63, 3.8) is 0 Å². The molecule has 0 aromatic heterocycles. The topological polar surface area (TPSA) is 95.5 Å². The van der Waals surface area contributed by atoms with Crippen LogP contribution in [0.25, 0.3) is 0 Å². The van der Waals surface area contributed by atoms with Gasteiger partial charge >= 0.3 is 12.0 Å². The van der Waals surface area contributed by atoms with Gasteiger partial charge in [-0.15, -0.1) is 0 Å². The highest BCUT2D eigenvalue weighted by Crippen LogP contribution is 2.26. The number of hydrogen-bond acceptors (Lipinski definition) is 3. The van der Waals surface area contributed by atoms with Crippen molar-refractivity contribution in [2.75, 3.05) is 0 Å². The predicted octanol–water partition coefficient (Wildman–Crippen LogP) is 2.43. The molecule has 0 aromatic rings. The van der Waals surface area contributed by atoms with Crippen LogP contribution in [0.15, 0.2) is 0 Å². The summed E-state index contributed by atoms with van der Waals surface area (Å²) in [6, 6.07) is -0.271. The molecule has 0 saturated heterocycles. The third-order valence-corrected chi connectivity index (χ3v) is 4.05. The minimum absolute atomic E-state index is 0.0553. The summed E-state index contributed by atoms with van der Waals surface area (Å²) in [5.41, 5.74) is 0. The van der Waals surface area contributed by atoms with Gasteiger partial charge in [0.25, 0.3) is 0 Å². The van der Waals surface area contributed by atoms with Crippen molar-refractivity contribution >= 4 is 17.9 Å². The van der Waals surface area contributed by atoms with Crippen LogP contribution < -0.4 is 10.6 Å². The second-order valence-corrected chi connectivity index (χ2v) is 5.68. The lowest BCUT2D eigenvalue weighted by Gasteiger charge is -2.31. The van der Waals surface area contributed by atoms with Crippen molar-refractivity contribution in [3.8, 4) is 0 Å². The molecule has 0 aliphatic heterocycles. The van der Waals surface area contributed by atoms with Crippen LogP contribution in [0.1, 0.15) is 64.7 Å². The first kappa shape index (κ1) is 17.5. The summed E-state index contributed by atoms with van der Waals surface area (Å²) < 4.78 is 0. The molecular weight excluding hydrogens is 272 g/mol. The van der Waals surface area contributed by atoms with Crippen molar-refractivity contribution in [2.24, 2.45) is 5.92 Å². The zero-order valence-electron chi connectivity index (χ0n) is 12.7. The maximum Gasteiger partial charge on any atom is 0.321 e.